The Morgan fingerprint density at radius 2 is 2.00 bits per heavy atom. The minimum atomic E-state index is -2.92. The molecule has 20 heavy (non-hydrogen) atoms. The van der Waals surface area contributed by atoms with Crippen LogP contribution < -0.4 is 9.47 Å². The van der Waals surface area contributed by atoms with E-state index < -0.39 is 6.61 Å². The van der Waals surface area contributed by atoms with E-state index in [1.807, 2.05) is 6.92 Å². The van der Waals surface area contributed by atoms with Crippen molar-refractivity contribution in [2.75, 3.05) is 7.11 Å². The number of carbonyl (C=O) groups excluding carboxylic acids is 1. The third-order valence-corrected chi connectivity index (χ3v) is 2.84. The van der Waals surface area contributed by atoms with Gasteiger partial charge in [-0.05, 0) is 24.1 Å². The standard InChI is InChI=1S/C14H18F2O4/c1-4-9(2)13(17)19-8-10-5-6-11(20-14(15)16)12(7-10)18-3/h5-7,9,14H,4,8H2,1-3H3. The lowest BCUT2D eigenvalue weighted by atomic mass is 10.1. The lowest BCUT2D eigenvalue weighted by Crippen LogP contribution is -2.13. The number of ether oxygens (including phenoxy) is 3. The summed E-state index contributed by atoms with van der Waals surface area (Å²) in [4.78, 5) is 11.5. The zero-order chi connectivity index (χ0) is 15.1. The van der Waals surface area contributed by atoms with Crippen LogP contribution in [0.4, 0.5) is 8.78 Å². The highest BCUT2D eigenvalue weighted by atomic mass is 19.3. The zero-order valence-corrected chi connectivity index (χ0v) is 11.7. The number of benzene rings is 1. The molecule has 0 bridgehead atoms. The van der Waals surface area contributed by atoms with Crippen molar-refractivity contribution in [3.05, 3.63) is 23.8 Å². The molecule has 0 aliphatic carbocycles. The molecule has 0 aromatic heterocycles. The Kier molecular flexibility index (Phi) is 6.21. The van der Waals surface area contributed by atoms with E-state index in [0.717, 1.165) is 0 Å². The van der Waals surface area contributed by atoms with E-state index in [1.165, 1.54) is 19.2 Å². The molecule has 0 saturated carbocycles. The fourth-order valence-electron chi connectivity index (χ4n) is 1.46. The summed E-state index contributed by atoms with van der Waals surface area (Å²) in [5.74, 6) is -0.348. The molecule has 0 N–H and O–H groups in total. The van der Waals surface area contributed by atoms with Gasteiger partial charge in [0.2, 0.25) is 0 Å². The first kappa shape index (κ1) is 16.2. The smallest absolute Gasteiger partial charge is 0.387 e. The van der Waals surface area contributed by atoms with Crippen molar-refractivity contribution in [2.45, 2.75) is 33.5 Å². The molecule has 112 valence electrons. The molecular formula is C14H18F2O4. The van der Waals surface area contributed by atoms with Crippen LogP contribution in [0, 0.1) is 5.92 Å². The number of methoxy groups -OCH3 is 1. The maximum Gasteiger partial charge on any atom is 0.387 e. The van der Waals surface area contributed by atoms with Crippen molar-refractivity contribution in [1.29, 1.82) is 0 Å². The van der Waals surface area contributed by atoms with Crippen LogP contribution in [0.5, 0.6) is 11.5 Å². The average Bonchev–Trinajstić information content (AvgIpc) is 2.44. The topological polar surface area (TPSA) is 44.8 Å². The summed E-state index contributed by atoms with van der Waals surface area (Å²) in [6.45, 7) is 0.820. The minimum absolute atomic E-state index is 0.0560. The van der Waals surface area contributed by atoms with Gasteiger partial charge in [0.05, 0.1) is 13.0 Å². The van der Waals surface area contributed by atoms with Crippen molar-refractivity contribution >= 4 is 5.97 Å². The molecular weight excluding hydrogens is 270 g/mol. The fourth-order valence-corrected chi connectivity index (χ4v) is 1.46. The molecule has 0 heterocycles. The maximum absolute atomic E-state index is 12.2. The molecule has 1 aromatic carbocycles. The molecule has 1 atom stereocenters. The lowest BCUT2D eigenvalue weighted by Gasteiger charge is -2.12. The fraction of sp³-hybridized carbons (Fsp3) is 0.500. The van der Waals surface area contributed by atoms with Crippen LogP contribution in [-0.2, 0) is 16.1 Å². The van der Waals surface area contributed by atoms with Crippen molar-refractivity contribution in [2.24, 2.45) is 5.92 Å². The van der Waals surface area contributed by atoms with E-state index >= 15 is 0 Å². The summed E-state index contributed by atoms with van der Waals surface area (Å²) < 4.78 is 38.7. The molecule has 0 spiro atoms. The molecule has 0 aliphatic rings. The van der Waals surface area contributed by atoms with Gasteiger partial charge in [-0.3, -0.25) is 4.79 Å². The third-order valence-electron chi connectivity index (χ3n) is 2.84. The van der Waals surface area contributed by atoms with Gasteiger partial charge in [-0.15, -0.1) is 0 Å². The van der Waals surface area contributed by atoms with Crippen LogP contribution in [0.25, 0.3) is 0 Å². The average molecular weight is 288 g/mol. The third kappa shape index (κ3) is 4.68. The highest BCUT2D eigenvalue weighted by molar-refractivity contribution is 5.71. The van der Waals surface area contributed by atoms with Crippen LogP contribution >= 0.6 is 0 Å². The molecule has 0 fully saturated rings. The first-order valence-corrected chi connectivity index (χ1v) is 6.26. The second-order valence-corrected chi connectivity index (χ2v) is 4.28. The summed E-state index contributed by atoms with van der Waals surface area (Å²) in [6.07, 6.45) is 0.698. The Morgan fingerprint density at radius 1 is 1.30 bits per heavy atom. The quantitative estimate of drug-likeness (QED) is 0.721. The Balaban J connectivity index is 2.70. The molecule has 6 heteroatoms. The monoisotopic (exact) mass is 288 g/mol. The number of esters is 1. The summed E-state index contributed by atoms with van der Waals surface area (Å²) >= 11 is 0. The molecule has 0 radical (unpaired) electrons. The number of rotatable bonds is 7. The lowest BCUT2D eigenvalue weighted by molar-refractivity contribution is -0.149. The molecule has 1 rings (SSSR count). The highest BCUT2D eigenvalue weighted by Crippen LogP contribution is 2.29. The normalized spacial score (nSPS) is 12.1. The molecule has 1 unspecified atom stereocenters. The van der Waals surface area contributed by atoms with Crippen LogP contribution in [0.3, 0.4) is 0 Å². The minimum Gasteiger partial charge on any atom is -0.493 e. The summed E-state index contributed by atoms with van der Waals surface area (Å²) in [7, 11) is 1.35. The van der Waals surface area contributed by atoms with E-state index in [4.69, 9.17) is 9.47 Å². The number of hydrogen-bond donors (Lipinski definition) is 0. The number of carbonyl (C=O) groups is 1. The molecule has 1 aromatic rings. The van der Waals surface area contributed by atoms with E-state index in [2.05, 4.69) is 4.74 Å². The van der Waals surface area contributed by atoms with Gasteiger partial charge in [0.1, 0.15) is 6.61 Å². The Morgan fingerprint density at radius 3 is 2.55 bits per heavy atom. The Labute approximate surface area is 116 Å². The van der Waals surface area contributed by atoms with Gasteiger partial charge < -0.3 is 14.2 Å². The Bertz CT molecular complexity index is 449. The van der Waals surface area contributed by atoms with E-state index in [-0.39, 0.29) is 30.0 Å². The summed E-state index contributed by atoms with van der Waals surface area (Å²) in [5, 5.41) is 0. The first-order valence-electron chi connectivity index (χ1n) is 6.26. The number of hydrogen-bond acceptors (Lipinski definition) is 4. The summed E-state index contributed by atoms with van der Waals surface area (Å²) in [6, 6.07) is 4.41. The molecule has 4 nitrogen and oxygen atoms in total. The Hall–Kier alpha value is -1.85. The SMILES string of the molecule is CCC(C)C(=O)OCc1ccc(OC(F)F)c(OC)c1. The second kappa shape index (κ2) is 7.67. The van der Waals surface area contributed by atoms with E-state index in [1.54, 1.807) is 13.0 Å². The second-order valence-electron chi connectivity index (χ2n) is 4.28. The predicted octanol–water partition coefficient (Wildman–Crippen LogP) is 3.39. The van der Waals surface area contributed by atoms with Crippen LogP contribution in [0.15, 0.2) is 18.2 Å². The van der Waals surface area contributed by atoms with Crippen molar-refractivity contribution in [1.82, 2.24) is 0 Å². The van der Waals surface area contributed by atoms with Gasteiger partial charge in [-0.1, -0.05) is 19.9 Å². The van der Waals surface area contributed by atoms with Crippen molar-refractivity contribution in [3.63, 3.8) is 0 Å². The van der Waals surface area contributed by atoms with Crippen molar-refractivity contribution in [3.8, 4) is 11.5 Å². The number of halogens is 2. The van der Waals surface area contributed by atoms with Crippen molar-refractivity contribution < 1.29 is 27.8 Å². The molecule has 0 aliphatic heterocycles. The van der Waals surface area contributed by atoms with Gasteiger partial charge in [0.15, 0.2) is 11.5 Å². The van der Waals surface area contributed by atoms with Crippen LogP contribution in [0.2, 0.25) is 0 Å². The van der Waals surface area contributed by atoms with Gasteiger partial charge in [-0.25, -0.2) is 0 Å². The van der Waals surface area contributed by atoms with Gasteiger partial charge in [0.25, 0.3) is 0 Å². The molecule has 0 saturated heterocycles. The van der Waals surface area contributed by atoms with Gasteiger partial charge >= 0.3 is 12.6 Å². The largest absolute Gasteiger partial charge is 0.493 e. The highest BCUT2D eigenvalue weighted by Gasteiger charge is 2.14. The zero-order valence-electron chi connectivity index (χ0n) is 11.7. The van der Waals surface area contributed by atoms with Gasteiger partial charge in [-0.2, -0.15) is 8.78 Å². The number of alkyl halides is 2. The van der Waals surface area contributed by atoms with Crippen LogP contribution in [-0.4, -0.2) is 19.7 Å². The summed E-state index contributed by atoms with van der Waals surface area (Å²) in [5.41, 5.74) is 0.639. The van der Waals surface area contributed by atoms with E-state index in [0.29, 0.717) is 12.0 Å². The molecule has 0 amide bonds. The maximum atomic E-state index is 12.2. The van der Waals surface area contributed by atoms with Gasteiger partial charge in [0, 0.05) is 0 Å². The predicted molar refractivity (Wildman–Crippen MR) is 68.9 cm³/mol. The first-order chi connectivity index (χ1) is 9.47. The van der Waals surface area contributed by atoms with E-state index in [9.17, 15) is 13.6 Å². The van der Waals surface area contributed by atoms with Crippen LogP contribution in [0.1, 0.15) is 25.8 Å².